The Bertz CT molecular complexity index is 1110. The van der Waals surface area contributed by atoms with Crippen molar-refractivity contribution in [3.63, 3.8) is 0 Å². The van der Waals surface area contributed by atoms with Crippen LogP contribution in [0.5, 0.6) is 5.75 Å². The maximum absolute atomic E-state index is 13.0. The molecule has 4 rings (SSSR count). The summed E-state index contributed by atoms with van der Waals surface area (Å²) in [4.78, 5) is 13.0. The van der Waals surface area contributed by atoms with Gasteiger partial charge >= 0.3 is 0 Å². The standard InChI is InChI=1S/C24H21N3O2/c1-29-23-13-12-20(19-10-6-3-7-11-19)16-21(23)26-24(28)22-14-15-25-27(22)17-18-8-4-2-5-9-18/h2-16H,17H2,1H3,(H,26,28). The topological polar surface area (TPSA) is 56.1 Å². The molecule has 3 aromatic carbocycles. The summed E-state index contributed by atoms with van der Waals surface area (Å²) in [6.45, 7) is 0.526. The molecule has 1 aromatic heterocycles. The number of hydrogen-bond acceptors (Lipinski definition) is 3. The van der Waals surface area contributed by atoms with Crippen molar-refractivity contribution in [1.29, 1.82) is 0 Å². The van der Waals surface area contributed by atoms with Gasteiger partial charge in [0.2, 0.25) is 0 Å². The third kappa shape index (κ3) is 4.19. The first-order valence-corrected chi connectivity index (χ1v) is 9.35. The van der Waals surface area contributed by atoms with Gasteiger partial charge in [0.15, 0.2) is 0 Å². The summed E-state index contributed by atoms with van der Waals surface area (Å²) < 4.78 is 7.14. The summed E-state index contributed by atoms with van der Waals surface area (Å²) >= 11 is 0. The smallest absolute Gasteiger partial charge is 0.274 e. The number of carbonyl (C=O) groups excluding carboxylic acids is 1. The minimum absolute atomic E-state index is 0.234. The molecule has 0 aliphatic rings. The van der Waals surface area contributed by atoms with Gasteiger partial charge in [0, 0.05) is 6.20 Å². The summed E-state index contributed by atoms with van der Waals surface area (Å²) in [6, 6.07) is 27.4. The number of anilines is 1. The summed E-state index contributed by atoms with van der Waals surface area (Å²) in [5.41, 5.74) is 4.25. The number of benzene rings is 3. The van der Waals surface area contributed by atoms with Gasteiger partial charge in [0.25, 0.3) is 5.91 Å². The maximum atomic E-state index is 13.0. The maximum Gasteiger partial charge on any atom is 0.274 e. The average molecular weight is 383 g/mol. The van der Waals surface area contributed by atoms with Gasteiger partial charge in [-0.3, -0.25) is 9.48 Å². The van der Waals surface area contributed by atoms with E-state index in [1.54, 1.807) is 24.1 Å². The Morgan fingerprint density at radius 3 is 2.38 bits per heavy atom. The Morgan fingerprint density at radius 2 is 1.66 bits per heavy atom. The number of nitrogens with zero attached hydrogens (tertiary/aromatic N) is 2. The Morgan fingerprint density at radius 1 is 0.931 bits per heavy atom. The molecule has 0 saturated heterocycles. The quantitative estimate of drug-likeness (QED) is 0.517. The Hall–Kier alpha value is -3.86. The van der Waals surface area contributed by atoms with Gasteiger partial charge in [-0.2, -0.15) is 5.10 Å². The van der Waals surface area contributed by atoms with Crippen molar-refractivity contribution in [2.24, 2.45) is 0 Å². The molecule has 0 radical (unpaired) electrons. The first-order valence-electron chi connectivity index (χ1n) is 9.35. The fourth-order valence-corrected chi connectivity index (χ4v) is 3.21. The highest BCUT2D eigenvalue weighted by molar-refractivity contribution is 6.04. The minimum Gasteiger partial charge on any atom is -0.495 e. The van der Waals surface area contributed by atoms with Crippen molar-refractivity contribution in [3.05, 3.63) is 102 Å². The van der Waals surface area contributed by atoms with E-state index >= 15 is 0 Å². The highest BCUT2D eigenvalue weighted by Gasteiger charge is 2.15. The zero-order chi connectivity index (χ0) is 20.1. The van der Waals surface area contributed by atoms with Gasteiger partial charge in [0.1, 0.15) is 11.4 Å². The van der Waals surface area contributed by atoms with Crippen molar-refractivity contribution in [2.75, 3.05) is 12.4 Å². The summed E-state index contributed by atoms with van der Waals surface area (Å²) in [5, 5.41) is 7.28. The van der Waals surface area contributed by atoms with Gasteiger partial charge in [-0.25, -0.2) is 0 Å². The van der Waals surface area contributed by atoms with E-state index in [2.05, 4.69) is 10.4 Å². The number of methoxy groups -OCH3 is 1. The monoisotopic (exact) mass is 383 g/mol. The summed E-state index contributed by atoms with van der Waals surface area (Å²) in [6.07, 6.45) is 1.63. The number of ether oxygens (including phenoxy) is 1. The van der Waals surface area contributed by atoms with Crippen LogP contribution >= 0.6 is 0 Å². The predicted octanol–water partition coefficient (Wildman–Crippen LogP) is 4.86. The van der Waals surface area contributed by atoms with E-state index in [-0.39, 0.29) is 5.91 Å². The van der Waals surface area contributed by atoms with Gasteiger partial charge in [-0.1, -0.05) is 66.7 Å². The molecule has 4 aromatic rings. The predicted molar refractivity (Wildman–Crippen MR) is 114 cm³/mol. The molecule has 144 valence electrons. The van der Waals surface area contributed by atoms with Crippen LogP contribution in [0.25, 0.3) is 11.1 Å². The van der Waals surface area contributed by atoms with E-state index in [9.17, 15) is 4.79 Å². The molecule has 0 unspecified atom stereocenters. The molecule has 0 aliphatic heterocycles. The van der Waals surface area contributed by atoms with Crippen LogP contribution in [0.2, 0.25) is 0 Å². The second-order valence-corrected chi connectivity index (χ2v) is 6.59. The Kier molecular flexibility index (Phi) is 5.38. The number of carbonyl (C=O) groups is 1. The molecule has 1 N–H and O–H groups in total. The highest BCUT2D eigenvalue weighted by atomic mass is 16.5. The largest absolute Gasteiger partial charge is 0.495 e. The Labute approximate surface area is 169 Å². The molecule has 0 saturated carbocycles. The molecule has 5 nitrogen and oxygen atoms in total. The van der Waals surface area contributed by atoms with Crippen LogP contribution in [0.15, 0.2) is 91.1 Å². The highest BCUT2D eigenvalue weighted by Crippen LogP contribution is 2.31. The van der Waals surface area contributed by atoms with Crippen LogP contribution in [0.3, 0.4) is 0 Å². The molecule has 0 fully saturated rings. The van der Waals surface area contributed by atoms with Crippen LogP contribution in [0, 0.1) is 0 Å². The van der Waals surface area contributed by atoms with Gasteiger partial charge in [-0.15, -0.1) is 0 Å². The van der Waals surface area contributed by atoms with E-state index in [1.807, 2.05) is 78.9 Å². The van der Waals surface area contributed by atoms with E-state index in [0.717, 1.165) is 16.7 Å². The van der Waals surface area contributed by atoms with E-state index in [0.29, 0.717) is 23.7 Å². The molecule has 0 atom stereocenters. The molecule has 29 heavy (non-hydrogen) atoms. The van der Waals surface area contributed by atoms with E-state index < -0.39 is 0 Å². The molecule has 5 heteroatoms. The van der Waals surface area contributed by atoms with Crippen molar-refractivity contribution in [1.82, 2.24) is 9.78 Å². The minimum atomic E-state index is -0.234. The first-order chi connectivity index (χ1) is 14.2. The van der Waals surface area contributed by atoms with Crippen molar-refractivity contribution >= 4 is 11.6 Å². The van der Waals surface area contributed by atoms with Crippen molar-refractivity contribution < 1.29 is 9.53 Å². The zero-order valence-corrected chi connectivity index (χ0v) is 16.1. The third-order valence-corrected chi connectivity index (χ3v) is 4.68. The molecule has 1 amide bonds. The SMILES string of the molecule is COc1ccc(-c2ccccc2)cc1NC(=O)c1ccnn1Cc1ccccc1. The molecule has 1 heterocycles. The summed E-state index contributed by atoms with van der Waals surface area (Å²) in [5.74, 6) is 0.370. The second kappa shape index (κ2) is 8.44. The molecule has 0 spiro atoms. The van der Waals surface area contributed by atoms with E-state index in [4.69, 9.17) is 4.74 Å². The fraction of sp³-hybridized carbons (Fsp3) is 0.0833. The lowest BCUT2D eigenvalue weighted by Gasteiger charge is -2.13. The van der Waals surface area contributed by atoms with Crippen LogP contribution in [-0.2, 0) is 6.54 Å². The van der Waals surface area contributed by atoms with E-state index in [1.165, 1.54) is 0 Å². The fourth-order valence-electron chi connectivity index (χ4n) is 3.21. The lowest BCUT2D eigenvalue weighted by atomic mass is 10.0. The van der Waals surface area contributed by atoms with Crippen LogP contribution < -0.4 is 10.1 Å². The lowest BCUT2D eigenvalue weighted by molar-refractivity contribution is 0.101. The molecule has 0 aliphatic carbocycles. The normalized spacial score (nSPS) is 10.5. The number of aromatic nitrogens is 2. The Balaban J connectivity index is 1.60. The first kappa shape index (κ1) is 18.5. The van der Waals surface area contributed by atoms with Crippen LogP contribution in [-0.4, -0.2) is 22.8 Å². The van der Waals surface area contributed by atoms with Crippen LogP contribution in [0.4, 0.5) is 5.69 Å². The van der Waals surface area contributed by atoms with Crippen molar-refractivity contribution in [2.45, 2.75) is 6.54 Å². The van der Waals surface area contributed by atoms with Crippen LogP contribution in [0.1, 0.15) is 16.1 Å². The molecule has 0 bridgehead atoms. The number of rotatable bonds is 6. The lowest BCUT2D eigenvalue weighted by Crippen LogP contribution is -2.18. The molecular weight excluding hydrogens is 362 g/mol. The average Bonchev–Trinajstić information content (AvgIpc) is 3.23. The number of hydrogen-bond donors (Lipinski definition) is 1. The molecular formula is C24H21N3O2. The second-order valence-electron chi connectivity index (χ2n) is 6.59. The number of amides is 1. The van der Waals surface area contributed by atoms with Gasteiger partial charge in [-0.05, 0) is 34.9 Å². The van der Waals surface area contributed by atoms with Gasteiger partial charge in [0.05, 0.1) is 19.3 Å². The zero-order valence-electron chi connectivity index (χ0n) is 16.1. The van der Waals surface area contributed by atoms with Gasteiger partial charge < -0.3 is 10.1 Å². The number of nitrogens with one attached hydrogen (secondary N) is 1. The third-order valence-electron chi connectivity index (χ3n) is 4.68. The van der Waals surface area contributed by atoms with Crippen molar-refractivity contribution in [3.8, 4) is 16.9 Å². The summed E-state index contributed by atoms with van der Waals surface area (Å²) in [7, 11) is 1.59.